The average Bonchev–Trinajstić information content (AvgIpc) is 2.91. The fourth-order valence-corrected chi connectivity index (χ4v) is 2.35. The van der Waals surface area contributed by atoms with E-state index in [0.717, 1.165) is 29.9 Å². The van der Waals surface area contributed by atoms with Gasteiger partial charge in [-0.1, -0.05) is 6.08 Å². The van der Waals surface area contributed by atoms with Gasteiger partial charge in [-0.05, 0) is 42.8 Å². The standard InChI is InChI=1S/C15H19N3O2S/c1-4-7-16-15(21)18-17-12-6-5-10-8-13(19-2)14(20-3)9-11(10)12/h4,8-9H,1,5-7H2,2-3H3,(H2,16,18,21). The van der Waals surface area contributed by atoms with Crippen LogP contribution in [-0.4, -0.2) is 31.6 Å². The number of benzene rings is 1. The number of methoxy groups -OCH3 is 2. The molecular weight excluding hydrogens is 286 g/mol. The Labute approximate surface area is 130 Å². The zero-order valence-electron chi connectivity index (χ0n) is 12.2. The molecule has 5 nitrogen and oxygen atoms in total. The summed E-state index contributed by atoms with van der Waals surface area (Å²) in [6.07, 6.45) is 3.54. The van der Waals surface area contributed by atoms with Crippen LogP contribution in [0.25, 0.3) is 0 Å². The van der Waals surface area contributed by atoms with E-state index in [1.165, 1.54) is 5.56 Å². The summed E-state index contributed by atoms with van der Waals surface area (Å²) in [7, 11) is 3.27. The van der Waals surface area contributed by atoms with E-state index in [4.69, 9.17) is 21.7 Å². The molecule has 1 aliphatic carbocycles. The quantitative estimate of drug-likeness (QED) is 0.495. The van der Waals surface area contributed by atoms with Crippen molar-refractivity contribution in [1.29, 1.82) is 0 Å². The van der Waals surface area contributed by atoms with E-state index in [-0.39, 0.29) is 0 Å². The first-order chi connectivity index (χ1) is 10.2. The Hall–Kier alpha value is -2.08. The highest BCUT2D eigenvalue weighted by Crippen LogP contribution is 2.34. The molecular formula is C15H19N3O2S. The highest BCUT2D eigenvalue weighted by Gasteiger charge is 2.21. The summed E-state index contributed by atoms with van der Waals surface area (Å²) in [5, 5.41) is 7.83. The van der Waals surface area contributed by atoms with Gasteiger partial charge in [0.05, 0.1) is 19.9 Å². The summed E-state index contributed by atoms with van der Waals surface area (Å²) < 4.78 is 10.7. The summed E-state index contributed by atoms with van der Waals surface area (Å²) >= 11 is 5.12. The number of ether oxygens (including phenoxy) is 2. The van der Waals surface area contributed by atoms with Gasteiger partial charge >= 0.3 is 0 Å². The van der Waals surface area contributed by atoms with Crippen LogP contribution < -0.4 is 20.2 Å². The molecule has 0 saturated heterocycles. The van der Waals surface area contributed by atoms with Crippen molar-refractivity contribution in [2.45, 2.75) is 12.8 Å². The second-order valence-electron chi connectivity index (χ2n) is 4.53. The van der Waals surface area contributed by atoms with Crippen molar-refractivity contribution in [2.75, 3.05) is 20.8 Å². The minimum atomic E-state index is 0.483. The number of hydrazone groups is 1. The van der Waals surface area contributed by atoms with Crippen molar-refractivity contribution in [3.8, 4) is 11.5 Å². The van der Waals surface area contributed by atoms with E-state index >= 15 is 0 Å². The lowest BCUT2D eigenvalue weighted by molar-refractivity contribution is 0.354. The van der Waals surface area contributed by atoms with E-state index in [2.05, 4.69) is 22.4 Å². The van der Waals surface area contributed by atoms with Gasteiger partial charge in [0.2, 0.25) is 0 Å². The Morgan fingerprint density at radius 2 is 2.05 bits per heavy atom. The van der Waals surface area contributed by atoms with Gasteiger partial charge in [-0.25, -0.2) is 0 Å². The van der Waals surface area contributed by atoms with E-state index in [0.29, 0.717) is 17.4 Å². The van der Waals surface area contributed by atoms with Crippen LogP contribution in [0.5, 0.6) is 11.5 Å². The topological polar surface area (TPSA) is 54.9 Å². The lowest BCUT2D eigenvalue weighted by Gasteiger charge is -2.10. The first kappa shape index (κ1) is 15.3. The van der Waals surface area contributed by atoms with Crippen LogP contribution in [0.15, 0.2) is 29.9 Å². The molecule has 1 aromatic carbocycles. The Morgan fingerprint density at radius 3 is 2.71 bits per heavy atom. The van der Waals surface area contributed by atoms with Crippen LogP contribution >= 0.6 is 12.2 Å². The predicted octanol–water partition coefficient (Wildman–Crippen LogP) is 2.00. The largest absolute Gasteiger partial charge is 0.493 e. The molecule has 0 bridgehead atoms. The molecule has 21 heavy (non-hydrogen) atoms. The Bertz CT molecular complexity index is 585. The monoisotopic (exact) mass is 305 g/mol. The molecule has 0 aromatic heterocycles. The van der Waals surface area contributed by atoms with Crippen LogP contribution in [0, 0.1) is 0 Å². The highest BCUT2D eigenvalue weighted by molar-refractivity contribution is 7.80. The zero-order valence-corrected chi connectivity index (χ0v) is 13.0. The molecule has 0 amide bonds. The van der Waals surface area contributed by atoms with Gasteiger partial charge in [0.1, 0.15) is 0 Å². The Balaban J connectivity index is 2.17. The van der Waals surface area contributed by atoms with Crippen molar-refractivity contribution in [1.82, 2.24) is 10.7 Å². The van der Waals surface area contributed by atoms with Crippen LogP contribution in [-0.2, 0) is 6.42 Å². The van der Waals surface area contributed by atoms with Gasteiger partial charge in [0, 0.05) is 12.1 Å². The number of rotatable bonds is 5. The number of hydrogen-bond acceptors (Lipinski definition) is 4. The van der Waals surface area contributed by atoms with Crippen molar-refractivity contribution < 1.29 is 9.47 Å². The lowest BCUT2D eigenvalue weighted by atomic mass is 10.1. The van der Waals surface area contributed by atoms with E-state index in [1.807, 2.05) is 12.1 Å². The van der Waals surface area contributed by atoms with E-state index in [9.17, 15) is 0 Å². The van der Waals surface area contributed by atoms with Crippen molar-refractivity contribution in [3.63, 3.8) is 0 Å². The molecule has 0 radical (unpaired) electrons. The van der Waals surface area contributed by atoms with Crippen LogP contribution in [0.2, 0.25) is 0 Å². The van der Waals surface area contributed by atoms with Crippen LogP contribution in [0.1, 0.15) is 17.5 Å². The van der Waals surface area contributed by atoms with Gasteiger partial charge in [-0.2, -0.15) is 5.10 Å². The summed E-state index contributed by atoms with van der Waals surface area (Å²) in [5.74, 6) is 1.45. The molecule has 0 atom stereocenters. The van der Waals surface area contributed by atoms with Gasteiger partial charge < -0.3 is 14.8 Å². The second-order valence-corrected chi connectivity index (χ2v) is 4.94. The lowest BCUT2D eigenvalue weighted by Crippen LogP contribution is -2.32. The third-order valence-electron chi connectivity index (χ3n) is 3.25. The number of aryl methyl sites for hydroxylation is 1. The second kappa shape index (κ2) is 7.08. The summed E-state index contributed by atoms with van der Waals surface area (Å²) in [5.41, 5.74) is 6.10. The zero-order chi connectivity index (χ0) is 15.2. The third kappa shape index (κ3) is 3.52. The minimum Gasteiger partial charge on any atom is -0.493 e. The van der Waals surface area contributed by atoms with E-state index < -0.39 is 0 Å². The number of fused-ring (bicyclic) bond motifs is 1. The number of nitrogens with zero attached hydrogens (tertiary/aromatic N) is 1. The first-order valence-corrected chi connectivity index (χ1v) is 7.07. The van der Waals surface area contributed by atoms with E-state index in [1.54, 1.807) is 20.3 Å². The maximum atomic E-state index is 5.34. The Kier molecular flexibility index (Phi) is 5.16. The van der Waals surface area contributed by atoms with Crippen molar-refractivity contribution >= 4 is 23.0 Å². The Morgan fingerprint density at radius 1 is 1.33 bits per heavy atom. The molecule has 0 fully saturated rings. The van der Waals surface area contributed by atoms with Gasteiger partial charge in [-0.15, -0.1) is 6.58 Å². The van der Waals surface area contributed by atoms with Crippen molar-refractivity contribution in [2.24, 2.45) is 5.10 Å². The molecule has 0 spiro atoms. The average molecular weight is 305 g/mol. The summed E-state index contributed by atoms with van der Waals surface area (Å²) in [6.45, 7) is 4.23. The summed E-state index contributed by atoms with van der Waals surface area (Å²) in [4.78, 5) is 0. The smallest absolute Gasteiger partial charge is 0.187 e. The maximum absolute atomic E-state index is 5.34. The molecule has 0 aliphatic heterocycles. The molecule has 1 aliphatic rings. The molecule has 0 saturated carbocycles. The number of nitrogens with one attached hydrogen (secondary N) is 2. The minimum absolute atomic E-state index is 0.483. The van der Waals surface area contributed by atoms with Crippen LogP contribution in [0.3, 0.4) is 0 Å². The van der Waals surface area contributed by atoms with Gasteiger partial charge in [0.15, 0.2) is 16.6 Å². The SMILES string of the molecule is C=CCNC(=S)NN=C1CCc2cc(OC)c(OC)cc21. The van der Waals surface area contributed by atoms with Crippen molar-refractivity contribution in [3.05, 3.63) is 35.9 Å². The van der Waals surface area contributed by atoms with Crippen LogP contribution in [0.4, 0.5) is 0 Å². The van der Waals surface area contributed by atoms with Gasteiger partial charge in [-0.3, -0.25) is 5.43 Å². The normalized spacial score (nSPS) is 14.5. The third-order valence-corrected chi connectivity index (χ3v) is 3.49. The fourth-order valence-electron chi connectivity index (χ4n) is 2.22. The highest BCUT2D eigenvalue weighted by atomic mass is 32.1. The number of thiocarbonyl (C=S) groups is 1. The molecule has 2 N–H and O–H groups in total. The first-order valence-electron chi connectivity index (χ1n) is 6.66. The number of hydrogen-bond donors (Lipinski definition) is 2. The molecule has 112 valence electrons. The van der Waals surface area contributed by atoms with Gasteiger partial charge in [0.25, 0.3) is 0 Å². The fraction of sp³-hybridized carbons (Fsp3) is 0.333. The molecule has 1 aromatic rings. The maximum Gasteiger partial charge on any atom is 0.187 e. The predicted molar refractivity (Wildman–Crippen MR) is 88.3 cm³/mol. The molecule has 0 unspecified atom stereocenters. The molecule has 0 heterocycles. The molecule has 2 rings (SSSR count). The summed E-state index contributed by atoms with van der Waals surface area (Å²) in [6, 6.07) is 3.97. The molecule has 6 heteroatoms.